The highest BCUT2D eigenvalue weighted by Gasteiger charge is 2.13. The summed E-state index contributed by atoms with van der Waals surface area (Å²) in [6.45, 7) is 14.0. The number of benzene rings is 1. The van der Waals surface area contributed by atoms with Crippen molar-refractivity contribution in [3.8, 4) is 0 Å². The van der Waals surface area contributed by atoms with E-state index in [-0.39, 0.29) is 0 Å². The SMILES string of the molecule is CCNC(=NCc1ccc(CN2CCN(C)CC2)cc1)NCCN1CCCCC1. The van der Waals surface area contributed by atoms with Gasteiger partial charge >= 0.3 is 0 Å². The van der Waals surface area contributed by atoms with Crippen LogP contribution in [0.2, 0.25) is 0 Å². The van der Waals surface area contributed by atoms with Gasteiger partial charge in [0.1, 0.15) is 0 Å². The van der Waals surface area contributed by atoms with Crippen molar-refractivity contribution in [2.75, 3.05) is 66.0 Å². The number of guanidine groups is 1. The molecule has 1 aromatic rings. The Hall–Kier alpha value is -1.63. The van der Waals surface area contributed by atoms with Gasteiger partial charge in [-0.1, -0.05) is 30.7 Å². The number of piperidine rings is 1. The quantitative estimate of drug-likeness (QED) is 0.516. The van der Waals surface area contributed by atoms with Crippen LogP contribution in [0.1, 0.15) is 37.3 Å². The average Bonchev–Trinajstić information content (AvgIpc) is 2.75. The molecule has 1 aromatic carbocycles. The molecule has 0 spiro atoms. The molecule has 0 aromatic heterocycles. The minimum Gasteiger partial charge on any atom is -0.357 e. The molecule has 29 heavy (non-hydrogen) atoms. The molecule has 3 rings (SSSR count). The summed E-state index contributed by atoms with van der Waals surface area (Å²) in [5.74, 6) is 0.922. The minimum atomic E-state index is 0.716. The number of likely N-dealkylation sites (tertiary alicyclic amines) is 1. The zero-order valence-corrected chi connectivity index (χ0v) is 18.5. The minimum absolute atomic E-state index is 0.716. The molecule has 162 valence electrons. The molecular formula is C23H40N6. The van der Waals surface area contributed by atoms with Gasteiger partial charge in [0.2, 0.25) is 0 Å². The van der Waals surface area contributed by atoms with Crippen molar-refractivity contribution in [2.24, 2.45) is 4.99 Å². The molecule has 0 bridgehead atoms. The third kappa shape index (κ3) is 7.96. The lowest BCUT2D eigenvalue weighted by Crippen LogP contribution is -2.43. The second-order valence-electron chi connectivity index (χ2n) is 8.42. The van der Waals surface area contributed by atoms with E-state index in [4.69, 9.17) is 4.99 Å². The van der Waals surface area contributed by atoms with Crippen LogP contribution in [0.25, 0.3) is 0 Å². The van der Waals surface area contributed by atoms with Gasteiger partial charge in [-0.2, -0.15) is 0 Å². The van der Waals surface area contributed by atoms with E-state index in [2.05, 4.69) is 63.6 Å². The van der Waals surface area contributed by atoms with Crippen molar-refractivity contribution in [3.63, 3.8) is 0 Å². The molecule has 0 amide bonds. The Kier molecular flexibility index (Phi) is 9.25. The molecule has 2 aliphatic heterocycles. The molecule has 2 heterocycles. The van der Waals surface area contributed by atoms with Crippen LogP contribution in [0, 0.1) is 0 Å². The smallest absolute Gasteiger partial charge is 0.191 e. The number of rotatable bonds is 8. The monoisotopic (exact) mass is 400 g/mol. The predicted molar refractivity (Wildman–Crippen MR) is 122 cm³/mol. The molecule has 2 aliphatic rings. The Labute approximate surface area is 177 Å². The van der Waals surface area contributed by atoms with E-state index in [1.807, 2.05) is 0 Å². The van der Waals surface area contributed by atoms with Crippen LogP contribution in [0.4, 0.5) is 0 Å². The molecule has 2 N–H and O–H groups in total. The summed E-state index contributed by atoms with van der Waals surface area (Å²) in [5, 5.41) is 6.86. The fourth-order valence-corrected chi connectivity index (χ4v) is 4.04. The van der Waals surface area contributed by atoms with Crippen LogP contribution >= 0.6 is 0 Å². The zero-order valence-electron chi connectivity index (χ0n) is 18.5. The normalized spacial score (nSPS) is 20.0. The highest BCUT2D eigenvalue weighted by Crippen LogP contribution is 2.10. The van der Waals surface area contributed by atoms with Crippen molar-refractivity contribution in [2.45, 2.75) is 39.3 Å². The van der Waals surface area contributed by atoms with E-state index >= 15 is 0 Å². The van der Waals surface area contributed by atoms with Gasteiger partial charge in [0, 0.05) is 52.4 Å². The van der Waals surface area contributed by atoms with Crippen molar-refractivity contribution >= 4 is 5.96 Å². The Bertz CT molecular complexity index is 600. The lowest BCUT2D eigenvalue weighted by molar-refractivity contribution is 0.148. The van der Waals surface area contributed by atoms with Crippen LogP contribution in [0.3, 0.4) is 0 Å². The number of piperazine rings is 1. The summed E-state index contributed by atoms with van der Waals surface area (Å²) < 4.78 is 0. The molecule has 0 unspecified atom stereocenters. The van der Waals surface area contributed by atoms with Crippen LogP contribution in [0.5, 0.6) is 0 Å². The van der Waals surface area contributed by atoms with Crippen LogP contribution < -0.4 is 10.6 Å². The predicted octanol–water partition coefficient (Wildman–Crippen LogP) is 1.98. The molecule has 0 radical (unpaired) electrons. The summed E-state index contributed by atoms with van der Waals surface area (Å²) in [6.07, 6.45) is 4.08. The molecule has 2 fully saturated rings. The van der Waals surface area contributed by atoms with Gasteiger partial charge in [0.25, 0.3) is 0 Å². The van der Waals surface area contributed by atoms with E-state index in [9.17, 15) is 0 Å². The van der Waals surface area contributed by atoms with Gasteiger partial charge < -0.3 is 20.4 Å². The average molecular weight is 401 g/mol. The molecule has 6 nitrogen and oxygen atoms in total. The van der Waals surface area contributed by atoms with E-state index in [0.717, 1.165) is 45.2 Å². The first kappa shape index (κ1) is 22.1. The zero-order chi connectivity index (χ0) is 20.3. The van der Waals surface area contributed by atoms with Gasteiger partial charge in [-0.05, 0) is 51.0 Å². The largest absolute Gasteiger partial charge is 0.357 e. The molecule has 0 saturated carbocycles. The maximum atomic E-state index is 4.78. The number of nitrogens with one attached hydrogen (secondary N) is 2. The number of hydrogen-bond acceptors (Lipinski definition) is 4. The Balaban J connectivity index is 1.43. The maximum absolute atomic E-state index is 4.78. The van der Waals surface area contributed by atoms with Crippen LogP contribution in [0.15, 0.2) is 29.3 Å². The highest BCUT2D eigenvalue weighted by molar-refractivity contribution is 5.79. The van der Waals surface area contributed by atoms with E-state index in [1.54, 1.807) is 0 Å². The van der Waals surface area contributed by atoms with Gasteiger partial charge in [0.15, 0.2) is 5.96 Å². The summed E-state index contributed by atoms with van der Waals surface area (Å²) in [5.41, 5.74) is 2.66. The molecule has 6 heteroatoms. The van der Waals surface area contributed by atoms with E-state index in [0.29, 0.717) is 6.54 Å². The number of nitrogens with zero attached hydrogens (tertiary/aromatic N) is 4. The summed E-state index contributed by atoms with van der Waals surface area (Å²) in [6, 6.07) is 8.98. The second kappa shape index (κ2) is 12.2. The molecule has 0 atom stereocenters. The summed E-state index contributed by atoms with van der Waals surface area (Å²) in [7, 11) is 2.21. The number of likely N-dealkylation sites (N-methyl/N-ethyl adjacent to an activating group) is 1. The maximum Gasteiger partial charge on any atom is 0.191 e. The van der Waals surface area contributed by atoms with Gasteiger partial charge in [-0.3, -0.25) is 4.90 Å². The first-order valence-corrected chi connectivity index (χ1v) is 11.5. The van der Waals surface area contributed by atoms with Crippen molar-refractivity contribution in [3.05, 3.63) is 35.4 Å². The summed E-state index contributed by atoms with van der Waals surface area (Å²) >= 11 is 0. The van der Waals surface area contributed by atoms with Gasteiger partial charge in [-0.15, -0.1) is 0 Å². The highest BCUT2D eigenvalue weighted by atomic mass is 15.2. The topological polar surface area (TPSA) is 46.1 Å². The third-order valence-corrected chi connectivity index (χ3v) is 5.96. The van der Waals surface area contributed by atoms with E-state index < -0.39 is 0 Å². The Morgan fingerprint density at radius 2 is 1.55 bits per heavy atom. The molecular weight excluding hydrogens is 360 g/mol. The second-order valence-corrected chi connectivity index (χ2v) is 8.42. The van der Waals surface area contributed by atoms with Crippen molar-refractivity contribution in [1.29, 1.82) is 0 Å². The van der Waals surface area contributed by atoms with Crippen molar-refractivity contribution in [1.82, 2.24) is 25.3 Å². The number of aliphatic imine (C=N–C) groups is 1. The molecule has 2 saturated heterocycles. The van der Waals surface area contributed by atoms with E-state index in [1.165, 1.54) is 56.6 Å². The first-order valence-electron chi connectivity index (χ1n) is 11.5. The fraction of sp³-hybridized carbons (Fsp3) is 0.696. The Morgan fingerprint density at radius 3 is 2.24 bits per heavy atom. The van der Waals surface area contributed by atoms with Gasteiger partial charge in [0.05, 0.1) is 6.54 Å². The Morgan fingerprint density at radius 1 is 0.862 bits per heavy atom. The third-order valence-electron chi connectivity index (χ3n) is 5.96. The first-order chi connectivity index (χ1) is 14.2. The number of hydrogen-bond donors (Lipinski definition) is 2. The fourth-order valence-electron chi connectivity index (χ4n) is 4.04. The standard InChI is InChI=1S/C23H40N6/c1-3-24-23(25-11-14-28-12-5-4-6-13-28)26-19-21-7-9-22(10-8-21)20-29-17-15-27(2)16-18-29/h7-10H,3-6,11-20H2,1-2H3,(H2,24,25,26). The summed E-state index contributed by atoms with van der Waals surface area (Å²) in [4.78, 5) is 12.3. The molecule has 0 aliphatic carbocycles. The lowest BCUT2D eigenvalue weighted by atomic mass is 10.1. The van der Waals surface area contributed by atoms with Crippen LogP contribution in [-0.2, 0) is 13.1 Å². The van der Waals surface area contributed by atoms with Crippen molar-refractivity contribution < 1.29 is 0 Å². The van der Waals surface area contributed by atoms with Gasteiger partial charge in [-0.25, -0.2) is 4.99 Å². The lowest BCUT2D eigenvalue weighted by Gasteiger charge is -2.32. The van der Waals surface area contributed by atoms with Crippen LogP contribution in [-0.4, -0.2) is 86.6 Å².